The van der Waals surface area contributed by atoms with E-state index in [0.29, 0.717) is 25.1 Å². The van der Waals surface area contributed by atoms with Gasteiger partial charge in [-0.15, -0.1) is 0 Å². The predicted molar refractivity (Wildman–Crippen MR) is 105 cm³/mol. The molecule has 30 heavy (non-hydrogen) atoms. The zero-order chi connectivity index (χ0) is 21.9. The first-order valence-corrected chi connectivity index (χ1v) is 9.35. The molecular formula is C21H21F3N4O2. The molecule has 0 radical (unpaired) electrons. The zero-order valence-corrected chi connectivity index (χ0v) is 16.1. The molecule has 4 N–H and O–H groups in total. The Morgan fingerprint density at radius 2 is 1.83 bits per heavy atom. The fourth-order valence-corrected chi connectivity index (χ4v) is 3.46. The standard InChI is InChI=1S/C21H21F3N4O2/c22-21(23,24)15-6-4-13(5-7-15)19(30)17-3-1-2-14-12-28(11-9-16(14)17)18(29)8-10-27-20(25)26/h1-7H,8-12H2,(H4,25,26,27). The van der Waals surface area contributed by atoms with Gasteiger partial charge >= 0.3 is 6.18 Å². The van der Waals surface area contributed by atoms with Gasteiger partial charge in [0, 0.05) is 37.2 Å². The third kappa shape index (κ3) is 4.79. The number of nitrogens with two attached hydrogens (primary N) is 1. The quantitative estimate of drug-likeness (QED) is 0.395. The molecule has 1 aliphatic heterocycles. The van der Waals surface area contributed by atoms with Gasteiger partial charge in [0.1, 0.15) is 0 Å². The zero-order valence-electron chi connectivity index (χ0n) is 16.1. The van der Waals surface area contributed by atoms with E-state index in [-0.39, 0.29) is 36.2 Å². The van der Waals surface area contributed by atoms with Crippen LogP contribution in [0.2, 0.25) is 0 Å². The lowest BCUT2D eigenvalue weighted by atomic mass is 9.90. The maximum Gasteiger partial charge on any atom is 0.416 e. The van der Waals surface area contributed by atoms with Gasteiger partial charge in [0.2, 0.25) is 5.91 Å². The molecule has 0 aromatic heterocycles. The molecule has 0 atom stereocenters. The topological polar surface area (TPSA) is 99.3 Å². The second kappa shape index (κ2) is 8.56. The first-order valence-electron chi connectivity index (χ1n) is 9.35. The molecule has 0 spiro atoms. The number of rotatable bonds is 5. The predicted octanol–water partition coefficient (Wildman–Crippen LogP) is 2.69. The van der Waals surface area contributed by atoms with Crippen molar-refractivity contribution in [3.05, 3.63) is 70.3 Å². The number of fused-ring (bicyclic) bond motifs is 1. The average Bonchev–Trinajstić information content (AvgIpc) is 2.71. The Morgan fingerprint density at radius 1 is 1.13 bits per heavy atom. The van der Waals surface area contributed by atoms with Gasteiger partial charge in [-0.1, -0.05) is 30.3 Å². The summed E-state index contributed by atoms with van der Waals surface area (Å²) in [5, 5.41) is 9.70. The van der Waals surface area contributed by atoms with Crippen molar-refractivity contribution in [1.29, 1.82) is 5.41 Å². The highest BCUT2D eigenvalue weighted by molar-refractivity contribution is 6.10. The van der Waals surface area contributed by atoms with Crippen LogP contribution in [0.4, 0.5) is 13.2 Å². The number of benzene rings is 2. The fraction of sp³-hybridized carbons (Fsp3) is 0.286. The molecule has 1 aliphatic rings. The molecule has 0 aliphatic carbocycles. The van der Waals surface area contributed by atoms with Gasteiger partial charge in [-0.2, -0.15) is 13.2 Å². The van der Waals surface area contributed by atoms with Gasteiger partial charge in [-0.05, 0) is 29.7 Å². The Morgan fingerprint density at radius 3 is 2.47 bits per heavy atom. The van der Waals surface area contributed by atoms with E-state index >= 15 is 0 Å². The second-order valence-corrected chi connectivity index (χ2v) is 7.00. The van der Waals surface area contributed by atoms with Gasteiger partial charge in [0.15, 0.2) is 11.7 Å². The summed E-state index contributed by atoms with van der Waals surface area (Å²) in [4.78, 5) is 26.9. The number of guanidine groups is 1. The molecule has 1 heterocycles. The minimum Gasteiger partial charge on any atom is -0.370 e. The highest BCUT2D eigenvalue weighted by atomic mass is 19.4. The molecule has 6 nitrogen and oxygen atoms in total. The van der Waals surface area contributed by atoms with Crippen molar-refractivity contribution in [2.45, 2.75) is 25.6 Å². The van der Waals surface area contributed by atoms with Crippen molar-refractivity contribution in [3.8, 4) is 0 Å². The molecule has 158 valence electrons. The number of amides is 1. The lowest BCUT2D eigenvalue weighted by molar-refractivity contribution is -0.137. The third-order valence-electron chi connectivity index (χ3n) is 4.99. The first-order chi connectivity index (χ1) is 14.2. The van der Waals surface area contributed by atoms with Gasteiger partial charge in [0.05, 0.1) is 5.56 Å². The fourth-order valence-electron chi connectivity index (χ4n) is 3.46. The Balaban J connectivity index is 1.75. The van der Waals surface area contributed by atoms with Gasteiger partial charge in [-0.3, -0.25) is 15.0 Å². The van der Waals surface area contributed by atoms with E-state index in [9.17, 15) is 22.8 Å². The molecule has 0 saturated carbocycles. The molecule has 0 unspecified atom stereocenters. The van der Waals surface area contributed by atoms with Crippen LogP contribution in [0, 0.1) is 5.41 Å². The van der Waals surface area contributed by atoms with E-state index in [1.807, 2.05) is 6.07 Å². The van der Waals surface area contributed by atoms with E-state index in [1.165, 1.54) is 12.1 Å². The number of hydrogen-bond donors (Lipinski definition) is 3. The maximum atomic E-state index is 12.9. The van der Waals surface area contributed by atoms with E-state index in [0.717, 1.165) is 23.3 Å². The number of nitrogens with one attached hydrogen (secondary N) is 2. The lowest BCUT2D eigenvalue weighted by Gasteiger charge is -2.30. The highest BCUT2D eigenvalue weighted by Gasteiger charge is 2.30. The maximum absolute atomic E-state index is 12.9. The van der Waals surface area contributed by atoms with Crippen LogP contribution >= 0.6 is 0 Å². The van der Waals surface area contributed by atoms with E-state index in [1.54, 1.807) is 17.0 Å². The molecule has 3 rings (SSSR count). The summed E-state index contributed by atoms with van der Waals surface area (Å²) in [6.45, 7) is 1.05. The monoisotopic (exact) mass is 418 g/mol. The van der Waals surface area contributed by atoms with Crippen molar-refractivity contribution in [2.24, 2.45) is 5.73 Å². The van der Waals surface area contributed by atoms with Gasteiger partial charge in [0.25, 0.3) is 0 Å². The van der Waals surface area contributed by atoms with E-state index in [4.69, 9.17) is 11.1 Å². The number of nitrogens with zero attached hydrogens (tertiary/aromatic N) is 1. The Kier molecular flexibility index (Phi) is 6.09. The molecule has 0 fully saturated rings. The molecule has 0 saturated heterocycles. The number of ketones is 1. The van der Waals surface area contributed by atoms with Crippen LogP contribution in [-0.2, 0) is 23.9 Å². The van der Waals surface area contributed by atoms with Crippen LogP contribution < -0.4 is 11.1 Å². The number of alkyl halides is 3. The number of hydrogen-bond acceptors (Lipinski definition) is 3. The van der Waals surface area contributed by atoms with Crippen LogP contribution in [0.15, 0.2) is 42.5 Å². The van der Waals surface area contributed by atoms with Crippen LogP contribution in [-0.4, -0.2) is 35.6 Å². The van der Waals surface area contributed by atoms with Gasteiger partial charge < -0.3 is 16.0 Å². The summed E-state index contributed by atoms with van der Waals surface area (Å²) in [6, 6.07) is 9.38. The lowest BCUT2D eigenvalue weighted by Crippen LogP contribution is -2.39. The van der Waals surface area contributed by atoms with Crippen LogP contribution in [0.25, 0.3) is 0 Å². The van der Waals surface area contributed by atoms with Crippen molar-refractivity contribution in [3.63, 3.8) is 0 Å². The molecule has 9 heteroatoms. The van der Waals surface area contributed by atoms with Crippen molar-refractivity contribution in [2.75, 3.05) is 13.1 Å². The SMILES string of the molecule is N=C(N)NCCC(=O)N1CCc2c(cccc2C(=O)c2ccc(C(F)(F)F)cc2)C1. The molecule has 0 bridgehead atoms. The molecule has 2 aromatic carbocycles. The summed E-state index contributed by atoms with van der Waals surface area (Å²) in [5.41, 5.74) is 6.68. The normalized spacial score (nSPS) is 13.5. The Labute approximate surface area is 171 Å². The smallest absolute Gasteiger partial charge is 0.370 e. The van der Waals surface area contributed by atoms with Gasteiger partial charge in [-0.25, -0.2) is 0 Å². The minimum atomic E-state index is -4.45. The van der Waals surface area contributed by atoms with Crippen molar-refractivity contribution < 1.29 is 22.8 Å². The summed E-state index contributed by atoms with van der Waals surface area (Å²) < 4.78 is 38.2. The Bertz CT molecular complexity index is 971. The summed E-state index contributed by atoms with van der Waals surface area (Å²) >= 11 is 0. The van der Waals surface area contributed by atoms with Crippen molar-refractivity contribution in [1.82, 2.24) is 10.2 Å². The molecule has 1 amide bonds. The van der Waals surface area contributed by atoms with Crippen LogP contribution in [0.3, 0.4) is 0 Å². The largest absolute Gasteiger partial charge is 0.416 e. The number of halogens is 3. The first kappa shape index (κ1) is 21.4. The van der Waals surface area contributed by atoms with Crippen LogP contribution in [0.1, 0.15) is 39.0 Å². The summed E-state index contributed by atoms with van der Waals surface area (Å²) in [7, 11) is 0. The number of carbonyl (C=O) groups is 2. The summed E-state index contributed by atoms with van der Waals surface area (Å²) in [5.74, 6) is -0.627. The summed E-state index contributed by atoms with van der Waals surface area (Å²) in [6.07, 6.45) is -3.79. The highest BCUT2D eigenvalue weighted by Crippen LogP contribution is 2.30. The number of carbonyl (C=O) groups excluding carboxylic acids is 2. The minimum absolute atomic E-state index is 0.0890. The van der Waals surface area contributed by atoms with E-state index in [2.05, 4.69) is 5.32 Å². The van der Waals surface area contributed by atoms with Crippen LogP contribution in [0.5, 0.6) is 0 Å². The Hall–Kier alpha value is -3.36. The third-order valence-corrected chi connectivity index (χ3v) is 4.99. The van der Waals surface area contributed by atoms with E-state index < -0.39 is 11.7 Å². The average molecular weight is 418 g/mol. The van der Waals surface area contributed by atoms with Crippen molar-refractivity contribution >= 4 is 17.6 Å². The molecular weight excluding hydrogens is 397 g/mol. The second-order valence-electron chi connectivity index (χ2n) is 7.00. The molecule has 2 aromatic rings.